The smallest absolute Gasteiger partial charge is 0.0447 e. The van der Waals surface area contributed by atoms with E-state index in [1.807, 2.05) is 0 Å². The van der Waals surface area contributed by atoms with Gasteiger partial charge in [-0.15, -0.1) is 0 Å². The highest BCUT2D eigenvalue weighted by molar-refractivity contribution is 5.41. The van der Waals surface area contributed by atoms with E-state index in [9.17, 15) is 0 Å². The minimum Gasteiger partial charge on any atom is -0.307 e. The second-order valence-corrected chi connectivity index (χ2v) is 5.08. The minimum atomic E-state index is 0.673. The van der Waals surface area contributed by atoms with Gasteiger partial charge in [-0.25, -0.2) is 0 Å². The molecule has 14 heavy (non-hydrogen) atoms. The number of rotatable bonds is 2. The molecule has 0 amide bonds. The van der Waals surface area contributed by atoms with Crippen molar-refractivity contribution in [1.29, 1.82) is 0 Å². The SMILES string of the molecule is CC1=C(C2CN2)C=C(C(C)C)CC1C. The fourth-order valence-electron chi connectivity index (χ4n) is 2.22. The molecule has 1 N–H and O–H groups in total. The summed E-state index contributed by atoms with van der Waals surface area (Å²) in [5, 5.41) is 3.41. The summed E-state index contributed by atoms with van der Waals surface area (Å²) in [6.07, 6.45) is 3.71. The van der Waals surface area contributed by atoms with Crippen molar-refractivity contribution in [2.75, 3.05) is 6.54 Å². The van der Waals surface area contributed by atoms with Crippen LogP contribution in [-0.2, 0) is 0 Å². The van der Waals surface area contributed by atoms with Gasteiger partial charge in [-0.2, -0.15) is 0 Å². The third kappa shape index (κ3) is 1.78. The molecule has 1 aliphatic carbocycles. The van der Waals surface area contributed by atoms with Crippen molar-refractivity contribution in [3.05, 3.63) is 22.8 Å². The fourth-order valence-corrected chi connectivity index (χ4v) is 2.22. The lowest BCUT2D eigenvalue weighted by Gasteiger charge is -2.25. The molecule has 0 aromatic carbocycles. The van der Waals surface area contributed by atoms with Gasteiger partial charge in [-0.1, -0.05) is 38.0 Å². The Hall–Kier alpha value is -0.560. The van der Waals surface area contributed by atoms with Gasteiger partial charge >= 0.3 is 0 Å². The Morgan fingerprint density at radius 1 is 1.43 bits per heavy atom. The van der Waals surface area contributed by atoms with Crippen LogP contribution in [0.4, 0.5) is 0 Å². The van der Waals surface area contributed by atoms with Crippen LogP contribution >= 0.6 is 0 Å². The Bertz CT molecular complexity index is 292. The third-order valence-corrected chi connectivity index (χ3v) is 3.60. The van der Waals surface area contributed by atoms with E-state index < -0.39 is 0 Å². The molecule has 1 heterocycles. The maximum absolute atomic E-state index is 3.41. The normalized spacial score (nSPS) is 32.2. The molecule has 1 fully saturated rings. The lowest BCUT2D eigenvalue weighted by atomic mass is 9.80. The largest absolute Gasteiger partial charge is 0.307 e. The summed E-state index contributed by atoms with van der Waals surface area (Å²) in [4.78, 5) is 0. The third-order valence-electron chi connectivity index (χ3n) is 3.60. The van der Waals surface area contributed by atoms with Crippen LogP contribution in [0.5, 0.6) is 0 Å². The quantitative estimate of drug-likeness (QED) is 0.666. The van der Waals surface area contributed by atoms with E-state index in [1.54, 1.807) is 16.7 Å². The molecule has 0 bridgehead atoms. The first-order valence-electron chi connectivity index (χ1n) is 5.74. The van der Waals surface area contributed by atoms with E-state index in [2.05, 4.69) is 39.1 Å². The maximum atomic E-state index is 3.41. The molecule has 0 aromatic heterocycles. The summed E-state index contributed by atoms with van der Waals surface area (Å²) in [6.45, 7) is 10.4. The molecular weight excluding hydrogens is 170 g/mol. The van der Waals surface area contributed by atoms with Crippen LogP contribution in [0.3, 0.4) is 0 Å². The van der Waals surface area contributed by atoms with Gasteiger partial charge in [0.05, 0.1) is 0 Å². The van der Waals surface area contributed by atoms with Crippen LogP contribution in [0.2, 0.25) is 0 Å². The van der Waals surface area contributed by atoms with Crippen molar-refractivity contribution in [3.8, 4) is 0 Å². The van der Waals surface area contributed by atoms with Crippen molar-refractivity contribution in [2.24, 2.45) is 11.8 Å². The predicted octanol–water partition coefficient (Wildman–Crippen LogP) is 2.90. The first kappa shape index (κ1) is 9.97. The average Bonchev–Trinajstić information content (AvgIpc) is 2.92. The summed E-state index contributed by atoms with van der Waals surface area (Å²) in [5.74, 6) is 1.45. The van der Waals surface area contributed by atoms with Gasteiger partial charge in [0, 0.05) is 12.6 Å². The summed E-state index contributed by atoms with van der Waals surface area (Å²) in [5.41, 5.74) is 4.81. The van der Waals surface area contributed by atoms with Crippen LogP contribution in [0.25, 0.3) is 0 Å². The maximum Gasteiger partial charge on any atom is 0.0447 e. The molecule has 1 heteroatoms. The monoisotopic (exact) mass is 191 g/mol. The summed E-state index contributed by atoms with van der Waals surface area (Å²) >= 11 is 0. The molecule has 0 aromatic rings. The van der Waals surface area contributed by atoms with Crippen LogP contribution in [0, 0.1) is 11.8 Å². The van der Waals surface area contributed by atoms with Crippen LogP contribution in [-0.4, -0.2) is 12.6 Å². The molecule has 1 saturated heterocycles. The molecule has 1 nitrogen and oxygen atoms in total. The van der Waals surface area contributed by atoms with Gasteiger partial charge in [0.25, 0.3) is 0 Å². The lowest BCUT2D eigenvalue weighted by Crippen LogP contribution is -2.13. The van der Waals surface area contributed by atoms with Gasteiger partial charge in [-0.05, 0) is 30.8 Å². The Morgan fingerprint density at radius 3 is 2.57 bits per heavy atom. The number of nitrogens with one attached hydrogen (secondary N) is 1. The molecule has 1 aliphatic heterocycles. The first-order valence-corrected chi connectivity index (χ1v) is 5.74. The molecule has 2 rings (SSSR count). The van der Waals surface area contributed by atoms with E-state index in [0.29, 0.717) is 12.0 Å². The van der Waals surface area contributed by atoms with Crippen molar-refractivity contribution in [3.63, 3.8) is 0 Å². The Kier molecular flexibility index (Phi) is 2.52. The zero-order chi connectivity index (χ0) is 10.3. The minimum absolute atomic E-state index is 0.673. The number of hydrogen-bond acceptors (Lipinski definition) is 1. The second-order valence-electron chi connectivity index (χ2n) is 5.08. The van der Waals surface area contributed by atoms with E-state index in [0.717, 1.165) is 5.92 Å². The highest BCUT2D eigenvalue weighted by Crippen LogP contribution is 2.35. The Labute approximate surface area is 87.3 Å². The van der Waals surface area contributed by atoms with E-state index >= 15 is 0 Å². The molecule has 0 radical (unpaired) electrons. The molecular formula is C13H21N. The molecule has 0 spiro atoms. The highest BCUT2D eigenvalue weighted by atomic mass is 15.1. The molecule has 2 unspecified atom stereocenters. The summed E-state index contributed by atoms with van der Waals surface area (Å²) < 4.78 is 0. The van der Waals surface area contributed by atoms with Crippen LogP contribution in [0.15, 0.2) is 22.8 Å². The molecule has 2 atom stereocenters. The number of allylic oxidation sites excluding steroid dienone is 2. The summed E-state index contributed by atoms with van der Waals surface area (Å²) in [7, 11) is 0. The lowest BCUT2D eigenvalue weighted by molar-refractivity contribution is 0.588. The van der Waals surface area contributed by atoms with Crippen molar-refractivity contribution in [1.82, 2.24) is 5.32 Å². The molecule has 78 valence electrons. The fraction of sp³-hybridized carbons (Fsp3) is 0.692. The Morgan fingerprint density at radius 2 is 2.07 bits per heavy atom. The topological polar surface area (TPSA) is 21.9 Å². The van der Waals surface area contributed by atoms with Gasteiger partial charge < -0.3 is 5.32 Å². The van der Waals surface area contributed by atoms with Crippen LogP contribution in [0.1, 0.15) is 34.1 Å². The highest BCUT2D eigenvalue weighted by Gasteiger charge is 2.29. The molecule has 2 aliphatic rings. The van der Waals surface area contributed by atoms with E-state index in [-0.39, 0.29) is 0 Å². The first-order chi connectivity index (χ1) is 6.59. The average molecular weight is 191 g/mol. The Balaban J connectivity index is 2.28. The van der Waals surface area contributed by atoms with Crippen LogP contribution < -0.4 is 5.32 Å². The van der Waals surface area contributed by atoms with E-state index in [1.165, 1.54) is 13.0 Å². The molecule has 0 saturated carbocycles. The van der Waals surface area contributed by atoms with E-state index in [4.69, 9.17) is 0 Å². The van der Waals surface area contributed by atoms with Gasteiger partial charge in [0.15, 0.2) is 0 Å². The summed E-state index contributed by atoms with van der Waals surface area (Å²) in [6, 6.07) is 0.673. The van der Waals surface area contributed by atoms with Gasteiger partial charge in [0.2, 0.25) is 0 Å². The zero-order valence-electron chi connectivity index (χ0n) is 9.72. The standard InChI is InChI=1S/C13H21N/c1-8(2)11-5-9(3)10(4)12(6-11)13-7-14-13/h6,8-9,13-14H,5,7H2,1-4H3. The second kappa shape index (κ2) is 3.54. The van der Waals surface area contributed by atoms with Crippen molar-refractivity contribution < 1.29 is 0 Å². The van der Waals surface area contributed by atoms with Gasteiger partial charge in [0.1, 0.15) is 0 Å². The number of hydrogen-bond donors (Lipinski definition) is 1. The van der Waals surface area contributed by atoms with Gasteiger partial charge in [-0.3, -0.25) is 0 Å². The zero-order valence-corrected chi connectivity index (χ0v) is 9.72. The van der Waals surface area contributed by atoms with Crippen molar-refractivity contribution in [2.45, 2.75) is 40.2 Å². The predicted molar refractivity (Wildman–Crippen MR) is 61.2 cm³/mol. The van der Waals surface area contributed by atoms with Crippen molar-refractivity contribution >= 4 is 0 Å².